The Morgan fingerprint density at radius 3 is 2.41 bits per heavy atom. The highest BCUT2D eigenvalue weighted by molar-refractivity contribution is 6.39. The van der Waals surface area contributed by atoms with Gasteiger partial charge in [0.15, 0.2) is 0 Å². The average molecular weight is 366 g/mol. The van der Waals surface area contributed by atoms with Crippen LogP contribution in [0.2, 0.25) is 0 Å². The molecule has 2 aromatic rings. The second kappa shape index (κ2) is 8.46. The zero-order chi connectivity index (χ0) is 19.2. The fourth-order valence-electron chi connectivity index (χ4n) is 2.95. The van der Waals surface area contributed by atoms with Crippen LogP contribution in [0.15, 0.2) is 65.8 Å². The molecular formula is C20H22N4O3. The van der Waals surface area contributed by atoms with Gasteiger partial charge in [0.25, 0.3) is 5.91 Å². The Kier molecular flexibility index (Phi) is 5.83. The van der Waals surface area contributed by atoms with Crippen LogP contribution in [0.5, 0.6) is 0 Å². The molecule has 1 aliphatic heterocycles. The van der Waals surface area contributed by atoms with Gasteiger partial charge in [0.05, 0.1) is 18.3 Å². The summed E-state index contributed by atoms with van der Waals surface area (Å²) in [5, 5.41) is 21.0. The Morgan fingerprint density at radius 1 is 1.15 bits per heavy atom. The summed E-state index contributed by atoms with van der Waals surface area (Å²) < 4.78 is 0. The number of hydrogen-bond acceptors (Lipinski definition) is 5. The van der Waals surface area contributed by atoms with Gasteiger partial charge in [-0.1, -0.05) is 48.5 Å². The van der Waals surface area contributed by atoms with E-state index < -0.39 is 17.9 Å². The maximum Gasteiger partial charge on any atom is 0.267 e. The van der Waals surface area contributed by atoms with Gasteiger partial charge < -0.3 is 15.7 Å². The van der Waals surface area contributed by atoms with E-state index in [9.17, 15) is 14.7 Å². The van der Waals surface area contributed by atoms with E-state index in [4.69, 9.17) is 0 Å². The molecule has 2 aromatic carbocycles. The van der Waals surface area contributed by atoms with Crippen molar-refractivity contribution in [2.45, 2.75) is 18.6 Å². The van der Waals surface area contributed by atoms with Crippen molar-refractivity contribution in [1.29, 1.82) is 0 Å². The third-order valence-electron chi connectivity index (χ3n) is 4.38. The van der Waals surface area contributed by atoms with E-state index >= 15 is 0 Å². The summed E-state index contributed by atoms with van der Waals surface area (Å²) in [5.41, 5.74) is 2.30. The molecule has 0 spiro atoms. The lowest BCUT2D eigenvalue weighted by Crippen LogP contribution is -2.43. The summed E-state index contributed by atoms with van der Waals surface area (Å²) in [6, 6.07) is 19.4. The zero-order valence-corrected chi connectivity index (χ0v) is 15.0. The van der Waals surface area contributed by atoms with Crippen LogP contribution >= 0.6 is 0 Å². The molecule has 2 unspecified atom stereocenters. The highest BCUT2D eigenvalue weighted by Gasteiger charge is 2.32. The lowest BCUT2D eigenvalue weighted by Gasteiger charge is -2.23. The van der Waals surface area contributed by atoms with Crippen LogP contribution in [0, 0.1) is 0 Å². The maximum absolute atomic E-state index is 12.5. The van der Waals surface area contributed by atoms with Gasteiger partial charge in [-0.05, 0) is 17.7 Å². The molecule has 0 radical (unpaired) electrons. The number of carbonyl (C=O) groups is 2. The minimum absolute atomic E-state index is 0.0989. The topological polar surface area (TPSA) is 94.0 Å². The van der Waals surface area contributed by atoms with Crippen molar-refractivity contribution >= 4 is 23.2 Å². The quantitative estimate of drug-likeness (QED) is 0.716. The average Bonchev–Trinajstić information content (AvgIpc) is 3.18. The molecule has 1 aliphatic rings. The normalized spacial score (nSPS) is 17.2. The molecule has 7 nitrogen and oxygen atoms in total. The first-order chi connectivity index (χ1) is 13.1. The predicted molar refractivity (Wildman–Crippen MR) is 103 cm³/mol. The van der Waals surface area contributed by atoms with Crippen molar-refractivity contribution in [2.24, 2.45) is 5.10 Å². The minimum atomic E-state index is -1.30. The molecule has 3 N–H and O–H groups in total. The van der Waals surface area contributed by atoms with Gasteiger partial charge in [0.1, 0.15) is 11.8 Å². The number of para-hydroxylation sites is 1. The van der Waals surface area contributed by atoms with Gasteiger partial charge in [-0.3, -0.25) is 14.6 Å². The number of carbonyl (C=O) groups excluding carboxylic acids is 2. The van der Waals surface area contributed by atoms with Gasteiger partial charge in [0, 0.05) is 13.5 Å². The molecule has 0 aromatic heterocycles. The first-order valence-corrected chi connectivity index (χ1v) is 8.74. The fourth-order valence-corrected chi connectivity index (χ4v) is 2.95. The lowest BCUT2D eigenvalue weighted by atomic mass is 10.0. The molecule has 140 valence electrons. The van der Waals surface area contributed by atoms with Gasteiger partial charge in [0.2, 0.25) is 5.91 Å². The molecule has 0 saturated heterocycles. The van der Waals surface area contributed by atoms with E-state index in [2.05, 4.69) is 15.7 Å². The predicted octanol–water partition coefficient (Wildman–Crippen LogP) is 1.22. The number of aliphatic hydroxyl groups is 1. The van der Waals surface area contributed by atoms with Gasteiger partial charge >= 0.3 is 0 Å². The van der Waals surface area contributed by atoms with Crippen LogP contribution in [-0.2, 0) is 9.59 Å². The second-order valence-electron chi connectivity index (χ2n) is 6.20. The highest BCUT2D eigenvalue weighted by atomic mass is 16.3. The number of likely N-dealkylation sites (N-methyl/N-ethyl adjacent to an activating group) is 1. The number of nitrogens with one attached hydrogen (secondary N) is 2. The summed E-state index contributed by atoms with van der Waals surface area (Å²) in [4.78, 5) is 23.9. The monoisotopic (exact) mass is 366 g/mol. The van der Waals surface area contributed by atoms with Crippen molar-refractivity contribution < 1.29 is 14.7 Å². The van der Waals surface area contributed by atoms with Crippen LogP contribution < -0.4 is 15.6 Å². The summed E-state index contributed by atoms with van der Waals surface area (Å²) in [7, 11) is 1.43. The fraction of sp³-hybridized carbons (Fsp3) is 0.250. The summed E-state index contributed by atoms with van der Waals surface area (Å²) in [6.07, 6.45) is -0.864. The first-order valence-electron chi connectivity index (χ1n) is 8.74. The molecule has 3 rings (SSSR count). The van der Waals surface area contributed by atoms with Crippen LogP contribution in [0.1, 0.15) is 18.0 Å². The van der Waals surface area contributed by atoms with Crippen molar-refractivity contribution in [3.8, 4) is 0 Å². The summed E-state index contributed by atoms with van der Waals surface area (Å²) in [6.45, 7) is -0.168. The van der Waals surface area contributed by atoms with E-state index in [1.165, 1.54) is 7.05 Å². The lowest BCUT2D eigenvalue weighted by molar-refractivity contribution is -0.128. The van der Waals surface area contributed by atoms with Crippen LogP contribution in [-0.4, -0.2) is 42.3 Å². The third kappa shape index (κ3) is 4.32. The van der Waals surface area contributed by atoms with Gasteiger partial charge in [-0.2, -0.15) is 5.10 Å². The Bertz CT molecular complexity index is 824. The SMILES string of the molecule is CNC(=O)C(O)CNC(=O)C1=NN(c2ccccc2)C(c2ccccc2)C1. The standard InChI is InChI=1S/C20H22N4O3/c1-21-20(27)18(25)13-22-19(26)16-12-17(14-8-4-2-5-9-14)24(23-16)15-10-6-3-7-11-15/h2-11,17-18,25H,12-13H2,1H3,(H,21,27)(H,22,26). The zero-order valence-electron chi connectivity index (χ0n) is 15.0. The smallest absolute Gasteiger partial charge is 0.267 e. The number of anilines is 1. The number of hydrogen-bond donors (Lipinski definition) is 3. The van der Waals surface area contributed by atoms with Crippen LogP contribution in [0.25, 0.3) is 0 Å². The Morgan fingerprint density at radius 2 is 1.78 bits per heavy atom. The molecule has 1 heterocycles. The van der Waals surface area contributed by atoms with E-state index in [1.54, 1.807) is 0 Å². The maximum atomic E-state index is 12.5. The van der Waals surface area contributed by atoms with Crippen molar-refractivity contribution in [3.63, 3.8) is 0 Å². The number of hydrazone groups is 1. The number of rotatable bonds is 6. The van der Waals surface area contributed by atoms with E-state index in [1.807, 2.05) is 65.7 Å². The number of benzene rings is 2. The molecule has 2 atom stereocenters. The molecule has 0 aliphatic carbocycles. The molecule has 27 heavy (non-hydrogen) atoms. The Hall–Kier alpha value is -3.19. The van der Waals surface area contributed by atoms with Crippen molar-refractivity contribution in [1.82, 2.24) is 10.6 Å². The van der Waals surface area contributed by atoms with Crippen LogP contribution in [0.3, 0.4) is 0 Å². The summed E-state index contributed by atoms with van der Waals surface area (Å²) in [5.74, 6) is -0.936. The number of aliphatic hydroxyl groups excluding tert-OH is 1. The van der Waals surface area contributed by atoms with E-state index in [0.717, 1.165) is 11.3 Å². The number of amides is 2. The number of nitrogens with zero attached hydrogens (tertiary/aromatic N) is 2. The van der Waals surface area contributed by atoms with E-state index in [0.29, 0.717) is 12.1 Å². The van der Waals surface area contributed by atoms with Crippen LogP contribution in [0.4, 0.5) is 5.69 Å². The van der Waals surface area contributed by atoms with E-state index in [-0.39, 0.29) is 12.6 Å². The van der Waals surface area contributed by atoms with Crippen molar-refractivity contribution in [2.75, 3.05) is 18.6 Å². The first kappa shape index (κ1) is 18.6. The largest absolute Gasteiger partial charge is 0.381 e. The highest BCUT2D eigenvalue weighted by Crippen LogP contribution is 2.34. The second-order valence-corrected chi connectivity index (χ2v) is 6.20. The molecule has 0 saturated carbocycles. The van der Waals surface area contributed by atoms with Gasteiger partial charge in [-0.15, -0.1) is 0 Å². The Balaban J connectivity index is 1.78. The molecule has 2 amide bonds. The molecule has 0 bridgehead atoms. The summed E-state index contributed by atoms with van der Waals surface area (Å²) >= 11 is 0. The third-order valence-corrected chi connectivity index (χ3v) is 4.38. The Labute approximate surface area is 157 Å². The molecule has 7 heteroatoms. The van der Waals surface area contributed by atoms with Gasteiger partial charge in [-0.25, -0.2) is 0 Å². The van der Waals surface area contributed by atoms with Crippen molar-refractivity contribution in [3.05, 3.63) is 66.2 Å². The molecular weight excluding hydrogens is 344 g/mol. The minimum Gasteiger partial charge on any atom is -0.381 e. The molecule has 0 fully saturated rings.